The Hall–Kier alpha value is -2.21. The van der Waals surface area contributed by atoms with Gasteiger partial charge in [0.05, 0.1) is 5.69 Å². The van der Waals surface area contributed by atoms with Crippen molar-refractivity contribution in [3.63, 3.8) is 0 Å². The third kappa shape index (κ3) is 1.76. The van der Waals surface area contributed by atoms with Crippen LogP contribution in [0, 0.1) is 5.82 Å². The molecule has 1 aromatic carbocycles. The van der Waals surface area contributed by atoms with Crippen LogP contribution < -0.4 is 5.56 Å². The first-order valence-corrected chi connectivity index (χ1v) is 5.42. The highest BCUT2D eigenvalue weighted by atomic mass is 35.5. The van der Waals surface area contributed by atoms with Crippen LogP contribution in [0.15, 0.2) is 35.3 Å². The van der Waals surface area contributed by atoms with Crippen molar-refractivity contribution in [3.05, 3.63) is 51.9 Å². The van der Waals surface area contributed by atoms with Crippen LogP contribution in [-0.2, 0) is 0 Å². The summed E-state index contributed by atoms with van der Waals surface area (Å²) in [5.41, 5.74) is 0.511. The number of aromatic amines is 1. The van der Waals surface area contributed by atoms with Gasteiger partial charge in [0.15, 0.2) is 5.65 Å². The lowest BCUT2D eigenvalue weighted by molar-refractivity contribution is 0.627. The molecular formula is C11H6ClFN4O. The standard InChI is InChI=1S/C11H6ClFN4O/c12-11-14-9-8(10(18)15-11)5-17(16-9)7-3-1-6(13)2-4-7/h1-5H,(H,14,15,16,18). The summed E-state index contributed by atoms with van der Waals surface area (Å²) >= 11 is 5.63. The summed E-state index contributed by atoms with van der Waals surface area (Å²) in [5.74, 6) is -0.338. The van der Waals surface area contributed by atoms with E-state index in [1.807, 2.05) is 0 Å². The summed E-state index contributed by atoms with van der Waals surface area (Å²) in [7, 11) is 0. The summed E-state index contributed by atoms with van der Waals surface area (Å²) in [5, 5.41) is 4.42. The van der Waals surface area contributed by atoms with Crippen LogP contribution in [0.2, 0.25) is 5.28 Å². The Bertz CT molecular complexity index is 778. The van der Waals surface area contributed by atoms with Gasteiger partial charge in [-0.1, -0.05) is 0 Å². The number of benzene rings is 1. The molecule has 0 aliphatic rings. The second kappa shape index (κ2) is 3.92. The molecule has 0 fully saturated rings. The molecule has 0 atom stereocenters. The highest BCUT2D eigenvalue weighted by molar-refractivity contribution is 6.28. The van der Waals surface area contributed by atoms with E-state index >= 15 is 0 Å². The average molecular weight is 265 g/mol. The van der Waals surface area contributed by atoms with E-state index in [4.69, 9.17) is 11.6 Å². The Labute approximate surface area is 105 Å². The van der Waals surface area contributed by atoms with Gasteiger partial charge in [0.2, 0.25) is 5.28 Å². The first kappa shape index (κ1) is 10.9. The van der Waals surface area contributed by atoms with Crippen molar-refractivity contribution < 1.29 is 4.39 Å². The fourth-order valence-corrected chi connectivity index (χ4v) is 1.78. The van der Waals surface area contributed by atoms with Crippen molar-refractivity contribution in [3.8, 4) is 5.69 Å². The van der Waals surface area contributed by atoms with Gasteiger partial charge in [-0.3, -0.25) is 9.78 Å². The van der Waals surface area contributed by atoms with E-state index in [1.54, 1.807) is 12.1 Å². The quantitative estimate of drug-likeness (QED) is 0.683. The Morgan fingerprint density at radius 1 is 1.28 bits per heavy atom. The van der Waals surface area contributed by atoms with Crippen LogP contribution in [0.25, 0.3) is 16.7 Å². The molecule has 18 heavy (non-hydrogen) atoms. The summed E-state index contributed by atoms with van der Waals surface area (Å²) < 4.78 is 14.3. The maximum absolute atomic E-state index is 12.8. The van der Waals surface area contributed by atoms with Crippen molar-refractivity contribution in [1.82, 2.24) is 19.7 Å². The van der Waals surface area contributed by atoms with Crippen molar-refractivity contribution in [2.45, 2.75) is 0 Å². The van der Waals surface area contributed by atoms with Gasteiger partial charge in [-0.15, -0.1) is 5.10 Å². The summed E-state index contributed by atoms with van der Waals surface area (Å²) in [6.45, 7) is 0. The lowest BCUT2D eigenvalue weighted by Crippen LogP contribution is -2.06. The van der Waals surface area contributed by atoms with E-state index in [0.29, 0.717) is 11.1 Å². The van der Waals surface area contributed by atoms with Crippen LogP contribution in [0.1, 0.15) is 0 Å². The third-order valence-electron chi connectivity index (χ3n) is 2.45. The molecule has 0 saturated heterocycles. The van der Waals surface area contributed by atoms with Gasteiger partial charge in [-0.05, 0) is 35.9 Å². The molecule has 0 spiro atoms. The molecule has 0 amide bonds. The molecule has 3 aromatic rings. The average Bonchev–Trinajstić information content (AvgIpc) is 2.74. The van der Waals surface area contributed by atoms with Gasteiger partial charge < -0.3 is 0 Å². The third-order valence-corrected chi connectivity index (χ3v) is 2.63. The lowest BCUT2D eigenvalue weighted by atomic mass is 10.3. The summed E-state index contributed by atoms with van der Waals surface area (Å²) in [6.07, 6.45) is 1.52. The largest absolute Gasteiger partial charge is 0.296 e. The molecular weight excluding hydrogens is 259 g/mol. The van der Waals surface area contributed by atoms with Crippen LogP contribution in [0.5, 0.6) is 0 Å². The van der Waals surface area contributed by atoms with Gasteiger partial charge >= 0.3 is 0 Å². The highest BCUT2D eigenvalue weighted by Gasteiger charge is 2.08. The molecule has 7 heteroatoms. The van der Waals surface area contributed by atoms with E-state index in [1.165, 1.54) is 23.0 Å². The Kier molecular flexibility index (Phi) is 2.38. The predicted molar refractivity (Wildman–Crippen MR) is 64.5 cm³/mol. The van der Waals surface area contributed by atoms with Crippen LogP contribution in [-0.4, -0.2) is 19.7 Å². The molecule has 0 unspecified atom stereocenters. The first-order valence-electron chi connectivity index (χ1n) is 5.04. The molecule has 1 N–H and O–H groups in total. The number of rotatable bonds is 1. The Morgan fingerprint density at radius 2 is 2.00 bits per heavy atom. The molecule has 0 saturated carbocycles. The van der Waals surface area contributed by atoms with Gasteiger partial charge in [-0.2, -0.15) is 4.98 Å². The molecule has 0 aliphatic heterocycles. The molecule has 0 radical (unpaired) electrons. The number of hydrogen-bond acceptors (Lipinski definition) is 3. The molecule has 2 heterocycles. The fraction of sp³-hybridized carbons (Fsp3) is 0. The minimum atomic E-state index is -0.363. The predicted octanol–water partition coefficient (Wildman–Crippen LogP) is 1.90. The second-order valence-corrected chi connectivity index (χ2v) is 4.00. The van der Waals surface area contributed by atoms with E-state index < -0.39 is 0 Å². The molecule has 0 bridgehead atoms. The van der Waals surface area contributed by atoms with Gasteiger partial charge in [0.1, 0.15) is 11.2 Å². The summed E-state index contributed by atoms with van der Waals surface area (Å²) in [4.78, 5) is 17.9. The number of aromatic nitrogens is 4. The number of H-pyrrole nitrogens is 1. The lowest BCUT2D eigenvalue weighted by Gasteiger charge is -1.98. The van der Waals surface area contributed by atoms with Crippen LogP contribution >= 0.6 is 11.6 Å². The molecule has 3 rings (SSSR count). The zero-order valence-corrected chi connectivity index (χ0v) is 9.65. The van der Waals surface area contributed by atoms with Gasteiger partial charge in [0, 0.05) is 6.20 Å². The molecule has 2 aromatic heterocycles. The van der Waals surface area contributed by atoms with Gasteiger partial charge in [-0.25, -0.2) is 9.07 Å². The minimum absolute atomic E-state index is 0.0168. The van der Waals surface area contributed by atoms with E-state index in [0.717, 1.165) is 0 Å². The van der Waals surface area contributed by atoms with Crippen molar-refractivity contribution in [1.29, 1.82) is 0 Å². The summed E-state index contributed by atoms with van der Waals surface area (Å²) in [6, 6.07) is 5.73. The number of nitrogens with one attached hydrogen (secondary N) is 1. The zero-order valence-electron chi connectivity index (χ0n) is 8.89. The monoisotopic (exact) mass is 264 g/mol. The van der Waals surface area contributed by atoms with Crippen LogP contribution in [0.3, 0.4) is 0 Å². The Morgan fingerprint density at radius 3 is 2.72 bits per heavy atom. The van der Waals surface area contributed by atoms with E-state index in [2.05, 4.69) is 15.1 Å². The number of halogens is 2. The minimum Gasteiger partial charge on any atom is -0.296 e. The molecule has 5 nitrogen and oxygen atoms in total. The number of fused-ring (bicyclic) bond motifs is 1. The van der Waals surface area contributed by atoms with Crippen molar-refractivity contribution in [2.75, 3.05) is 0 Å². The fourth-order valence-electron chi connectivity index (χ4n) is 1.62. The maximum atomic E-state index is 12.8. The van der Waals surface area contributed by atoms with Gasteiger partial charge in [0.25, 0.3) is 5.56 Å². The maximum Gasteiger partial charge on any atom is 0.262 e. The molecule has 90 valence electrons. The van der Waals surface area contributed by atoms with Crippen molar-refractivity contribution in [2.24, 2.45) is 0 Å². The normalized spacial score (nSPS) is 11.0. The SMILES string of the molecule is O=c1[nH]c(Cl)nc2nn(-c3ccc(F)cc3)cc12. The number of hydrogen-bond donors (Lipinski definition) is 1. The highest BCUT2D eigenvalue weighted by Crippen LogP contribution is 2.12. The Balaban J connectivity index is 2.22. The second-order valence-electron chi connectivity index (χ2n) is 3.64. The smallest absolute Gasteiger partial charge is 0.262 e. The zero-order chi connectivity index (χ0) is 12.7. The van der Waals surface area contributed by atoms with E-state index in [-0.39, 0.29) is 22.3 Å². The topological polar surface area (TPSA) is 63.6 Å². The first-order chi connectivity index (χ1) is 8.63. The molecule has 0 aliphatic carbocycles. The number of nitrogens with zero attached hydrogens (tertiary/aromatic N) is 3. The van der Waals surface area contributed by atoms with E-state index in [9.17, 15) is 9.18 Å². The van der Waals surface area contributed by atoms with Crippen LogP contribution in [0.4, 0.5) is 4.39 Å². The van der Waals surface area contributed by atoms with Crippen molar-refractivity contribution >= 4 is 22.6 Å².